The molecule has 0 aromatic heterocycles. The quantitative estimate of drug-likeness (QED) is 0.254. The Labute approximate surface area is 187 Å². The molecule has 1 aromatic rings. The van der Waals surface area contributed by atoms with Crippen LogP contribution in [0.5, 0.6) is 5.75 Å². The van der Waals surface area contributed by atoms with Crippen molar-refractivity contribution < 1.29 is 39.5 Å². The van der Waals surface area contributed by atoms with Gasteiger partial charge in [-0.3, -0.25) is 14.5 Å². The second kappa shape index (κ2) is 10.0. The smallest absolute Gasteiger partial charge is 0.266 e. The maximum absolute atomic E-state index is 12.7. The van der Waals surface area contributed by atoms with E-state index >= 15 is 0 Å². The number of carbonyl (C=O) groups excluding carboxylic acids is 2. The zero-order valence-corrected chi connectivity index (χ0v) is 18.0. The van der Waals surface area contributed by atoms with Gasteiger partial charge in [-0.2, -0.15) is 0 Å². The van der Waals surface area contributed by atoms with Crippen LogP contribution in [0.25, 0.3) is 6.08 Å². The summed E-state index contributed by atoms with van der Waals surface area (Å²) in [6.45, 7) is -1.06. The maximum atomic E-state index is 12.7. The zero-order chi connectivity index (χ0) is 22.7. The second-order valence-corrected chi connectivity index (χ2v) is 8.54. The molecular formula is C19H22N2O8S2. The minimum Gasteiger partial charge on any atom is -0.497 e. The lowest BCUT2D eigenvalue weighted by molar-refractivity contribution is -0.253. The highest BCUT2D eigenvalue weighted by Gasteiger charge is 2.44. The topological polar surface area (TPSA) is 149 Å². The fourth-order valence-corrected chi connectivity index (χ4v) is 4.37. The van der Waals surface area contributed by atoms with Gasteiger partial charge in [-0.15, -0.1) is 0 Å². The van der Waals surface area contributed by atoms with Crippen molar-refractivity contribution in [1.82, 2.24) is 10.2 Å². The molecule has 0 aliphatic carbocycles. The van der Waals surface area contributed by atoms with Crippen molar-refractivity contribution in [2.45, 2.75) is 30.6 Å². The molecule has 2 heterocycles. The van der Waals surface area contributed by atoms with Crippen molar-refractivity contribution in [1.29, 1.82) is 0 Å². The highest BCUT2D eigenvalue weighted by molar-refractivity contribution is 8.26. The van der Waals surface area contributed by atoms with E-state index in [0.717, 1.165) is 22.2 Å². The lowest BCUT2D eigenvalue weighted by Gasteiger charge is -2.40. The Hall–Kier alpha value is -2.06. The van der Waals surface area contributed by atoms with Crippen LogP contribution in [0, 0.1) is 0 Å². The molecule has 0 spiro atoms. The Morgan fingerprint density at radius 1 is 1.29 bits per heavy atom. The molecule has 0 bridgehead atoms. The predicted octanol–water partition coefficient (Wildman–Crippen LogP) is -1.19. The molecule has 2 fully saturated rings. The van der Waals surface area contributed by atoms with Gasteiger partial charge < -0.3 is 35.2 Å². The molecule has 2 amide bonds. The summed E-state index contributed by atoms with van der Waals surface area (Å²) in [5, 5.41) is 41.4. The highest BCUT2D eigenvalue weighted by Crippen LogP contribution is 2.32. The number of amides is 2. The standard InChI is InChI=1S/C19H22N2O8S2/c1-28-10-4-2-9(3-5-10)6-12-17(26)21(19(30)31-12)7-13(23)20-14-16(25)15(24)11(8-22)29-18(14)27/h2-6,11,14-16,18,22,24-25,27H,7-8H2,1H3,(H,20,23)/b12-6-/t11-,14+,15-,16+,18-/m1/s1. The molecular weight excluding hydrogens is 448 g/mol. The van der Waals surface area contributed by atoms with Crippen LogP contribution in [-0.2, 0) is 14.3 Å². The van der Waals surface area contributed by atoms with Gasteiger partial charge in [0, 0.05) is 0 Å². The van der Waals surface area contributed by atoms with Gasteiger partial charge >= 0.3 is 0 Å². The molecule has 2 aliphatic rings. The van der Waals surface area contributed by atoms with Crippen LogP contribution in [0.1, 0.15) is 5.56 Å². The van der Waals surface area contributed by atoms with Gasteiger partial charge in [0.2, 0.25) is 5.91 Å². The number of benzene rings is 1. The third-order valence-corrected chi connectivity index (χ3v) is 6.19. The fraction of sp³-hybridized carbons (Fsp3) is 0.421. The molecule has 168 valence electrons. The van der Waals surface area contributed by atoms with E-state index < -0.39 is 55.6 Å². The van der Waals surface area contributed by atoms with Crippen molar-refractivity contribution in [2.24, 2.45) is 0 Å². The molecule has 1 aromatic carbocycles. The van der Waals surface area contributed by atoms with Crippen molar-refractivity contribution in [3.63, 3.8) is 0 Å². The van der Waals surface area contributed by atoms with Crippen molar-refractivity contribution >= 4 is 46.2 Å². The Morgan fingerprint density at radius 2 is 1.97 bits per heavy atom. The third kappa shape index (κ3) is 5.23. The van der Waals surface area contributed by atoms with Crippen LogP contribution in [0.4, 0.5) is 0 Å². The number of methoxy groups -OCH3 is 1. The van der Waals surface area contributed by atoms with Crippen LogP contribution in [0.3, 0.4) is 0 Å². The molecule has 0 radical (unpaired) electrons. The Morgan fingerprint density at radius 3 is 2.58 bits per heavy atom. The summed E-state index contributed by atoms with van der Waals surface area (Å²) in [7, 11) is 1.55. The van der Waals surface area contributed by atoms with Gasteiger partial charge in [0.15, 0.2) is 6.29 Å². The van der Waals surface area contributed by atoms with Crippen LogP contribution < -0.4 is 10.1 Å². The molecule has 2 saturated heterocycles. The van der Waals surface area contributed by atoms with E-state index in [0.29, 0.717) is 10.7 Å². The summed E-state index contributed by atoms with van der Waals surface area (Å²) in [6, 6.07) is 5.69. The predicted molar refractivity (Wildman–Crippen MR) is 115 cm³/mol. The lowest BCUT2D eigenvalue weighted by atomic mass is 9.97. The van der Waals surface area contributed by atoms with E-state index in [4.69, 9.17) is 26.8 Å². The Bertz CT molecular complexity index is 878. The second-order valence-electron chi connectivity index (χ2n) is 6.86. The summed E-state index contributed by atoms with van der Waals surface area (Å²) in [4.78, 5) is 26.5. The monoisotopic (exact) mass is 470 g/mol. The van der Waals surface area contributed by atoms with Crippen molar-refractivity contribution in [2.75, 3.05) is 20.3 Å². The summed E-state index contributed by atoms with van der Waals surface area (Å²) in [6.07, 6.45) is -4.29. The van der Waals surface area contributed by atoms with E-state index in [9.17, 15) is 24.9 Å². The fourth-order valence-electron chi connectivity index (χ4n) is 3.12. The van der Waals surface area contributed by atoms with E-state index in [1.165, 1.54) is 0 Å². The van der Waals surface area contributed by atoms with Crippen molar-refractivity contribution in [3.8, 4) is 5.75 Å². The number of nitrogens with zero attached hydrogens (tertiary/aromatic N) is 1. The first-order chi connectivity index (χ1) is 14.7. The average Bonchev–Trinajstić information content (AvgIpc) is 3.01. The first-order valence-corrected chi connectivity index (χ1v) is 10.5. The van der Waals surface area contributed by atoms with E-state index in [1.807, 2.05) is 0 Å². The van der Waals surface area contributed by atoms with Gasteiger partial charge in [-0.25, -0.2) is 0 Å². The first kappa shape index (κ1) is 23.6. The Kier molecular flexibility index (Phi) is 7.64. The number of hydrogen-bond acceptors (Lipinski definition) is 10. The van der Waals surface area contributed by atoms with Crippen LogP contribution >= 0.6 is 24.0 Å². The number of ether oxygens (including phenoxy) is 2. The van der Waals surface area contributed by atoms with Crippen LogP contribution in [0.15, 0.2) is 29.2 Å². The highest BCUT2D eigenvalue weighted by atomic mass is 32.2. The number of thioether (sulfide) groups is 1. The summed E-state index contributed by atoms with van der Waals surface area (Å²) in [5.41, 5.74) is 0.753. The lowest BCUT2D eigenvalue weighted by Crippen LogP contribution is -2.64. The zero-order valence-electron chi connectivity index (χ0n) is 16.4. The minimum atomic E-state index is -1.65. The van der Waals surface area contributed by atoms with Gasteiger partial charge in [0.25, 0.3) is 5.91 Å². The maximum Gasteiger partial charge on any atom is 0.266 e. The van der Waals surface area contributed by atoms with Crippen LogP contribution in [-0.4, -0.2) is 92.4 Å². The van der Waals surface area contributed by atoms with Crippen molar-refractivity contribution in [3.05, 3.63) is 34.7 Å². The van der Waals surface area contributed by atoms with Gasteiger partial charge in [0.1, 0.15) is 41.0 Å². The summed E-state index contributed by atoms with van der Waals surface area (Å²) < 4.78 is 10.3. The van der Waals surface area contributed by atoms with Gasteiger partial charge in [-0.05, 0) is 23.8 Å². The molecule has 3 rings (SSSR count). The van der Waals surface area contributed by atoms with E-state index in [2.05, 4.69) is 5.32 Å². The molecule has 12 heteroatoms. The van der Waals surface area contributed by atoms with E-state index in [1.54, 1.807) is 37.5 Å². The third-order valence-electron chi connectivity index (χ3n) is 4.82. The number of nitrogens with one attached hydrogen (secondary N) is 1. The number of thiocarbonyl (C=S) groups is 1. The normalized spacial score (nSPS) is 30.0. The molecule has 0 unspecified atom stereocenters. The number of aliphatic hydroxyl groups excluding tert-OH is 4. The molecule has 10 nitrogen and oxygen atoms in total. The SMILES string of the molecule is COc1ccc(/C=C2\SC(=S)N(CC(=O)N[C@H]3[C@H](O)[C@H](O)[C@@H](CO)O[C@H]3O)C2=O)cc1. The molecule has 0 saturated carbocycles. The number of hydrogen-bond donors (Lipinski definition) is 5. The molecule has 2 aliphatic heterocycles. The molecule has 31 heavy (non-hydrogen) atoms. The minimum absolute atomic E-state index is 0.182. The number of aliphatic hydroxyl groups is 4. The van der Waals surface area contributed by atoms with Gasteiger partial charge in [-0.1, -0.05) is 36.1 Å². The average molecular weight is 471 g/mol. The number of rotatable bonds is 6. The van der Waals surface area contributed by atoms with Crippen LogP contribution in [0.2, 0.25) is 0 Å². The molecule has 5 N–H and O–H groups in total. The first-order valence-electron chi connectivity index (χ1n) is 9.24. The van der Waals surface area contributed by atoms with Gasteiger partial charge in [0.05, 0.1) is 18.6 Å². The molecule has 5 atom stereocenters. The Balaban J connectivity index is 1.64. The summed E-state index contributed by atoms with van der Waals surface area (Å²) >= 11 is 6.25. The number of carbonyl (C=O) groups is 2. The van der Waals surface area contributed by atoms with E-state index in [-0.39, 0.29) is 4.32 Å². The summed E-state index contributed by atoms with van der Waals surface area (Å²) in [5.74, 6) is -0.501. The largest absolute Gasteiger partial charge is 0.497 e.